The van der Waals surface area contributed by atoms with Crippen molar-refractivity contribution in [2.24, 2.45) is 0 Å². The Balaban J connectivity index is 0.000000360. The predicted molar refractivity (Wildman–Crippen MR) is 30.4 cm³/mol. The molecule has 7 heavy (non-hydrogen) atoms. The van der Waals surface area contributed by atoms with Gasteiger partial charge in [-0.1, -0.05) is 0 Å². The molecule has 0 aliphatic carbocycles. The second-order valence-corrected chi connectivity index (χ2v) is 1.67. The standard InChI is InChI=1S/C5H10O.Bi/c1-2-4-6-5-3-1;/h1-5H2;. The van der Waals surface area contributed by atoms with Crippen LogP contribution in [0.15, 0.2) is 0 Å². The first-order valence-electron chi connectivity index (χ1n) is 2.58. The zero-order valence-corrected chi connectivity index (χ0v) is 7.87. The summed E-state index contributed by atoms with van der Waals surface area (Å²) in [5, 5.41) is 0. The molecule has 1 fully saturated rings. The van der Waals surface area contributed by atoms with E-state index >= 15 is 0 Å². The zero-order chi connectivity index (χ0) is 4.24. The fraction of sp³-hybridized carbons (Fsp3) is 1.00. The Morgan fingerprint density at radius 2 is 1.43 bits per heavy atom. The summed E-state index contributed by atoms with van der Waals surface area (Å²) < 4.78 is 5.07. The van der Waals surface area contributed by atoms with Crippen molar-refractivity contribution in [3.05, 3.63) is 0 Å². The Bertz CT molecular complexity index is 23.6. The van der Waals surface area contributed by atoms with Crippen LogP contribution in [0, 0.1) is 0 Å². The van der Waals surface area contributed by atoms with Crippen LogP contribution in [0.4, 0.5) is 0 Å². The van der Waals surface area contributed by atoms with E-state index in [1.54, 1.807) is 0 Å². The van der Waals surface area contributed by atoms with Crippen LogP contribution in [0.3, 0.4) is 0 Å². The minimum absolute atomic E-state index is 0. The molecule has 1 heterocycles. The summed E-state index contributed by atoms with van der Waals surface area (Å²) in [5.41, 5.74) is 0. The molecular weight excluding hydrogens is 285 g/mol. The van der Waals surface area contributed by atoms with E-state index in [1.165, 1.54) is 19.3 Å². The fourth-order valence-electron chi connectivity index (χ4n) is 0.687. The number of rotatable bonds is 0. The Morgan fingerprint density at radius 3 is 1.57 bits per heavy atom. The van der Waals surface area contributed by atoms with Gasteiger partial charge in [0.15, 0.2) is 0 Å². The van der Waals surface area contributed by atoms with E-state index in [2.05, 4.69) is 0 Å². The van der Waals surface area contributed by atoms with E-state index in [0.29, 0.717) is 0 Å². The smallest absolute Gasteiger partial charge is 0.0466 e. The van der Waals surface area contributed by atoms with Gasteiger partial charge >= 0.3 is 0 Å². The molecule has 3 radical (unpaired) electrons. The van der Waals surface area contributed by atoms with Gasteiger partial charge in [0.25, 0.3) is 0 Å². The monoisotopic (exact) mass is 295 g/mol. The van der Waals surface area contributed by atoms with Gasteiger partial charge in [-0.3, -0.25) is 0 Å². The van der Waals surface area contributed by atoms with Gasteiger partial charge in [-0.25, -0.2) is 0 Å². The molecule has 0 amide bonds. The molecule has 0 aromatic heterocycles. The van der Waals surface area contributed by atoms with Crippen LogP contribution < -0.4 is 0 Å². The van der Waals surface area contributed by atoms with Gasteiger partial charge < -0.3 is 4.74 Å². The Labute approximate surface area is 63.6 Å². The summed E-state index contributed by atoms with van der Waals surface area (Å²) >= 11 is 0. The molecule has 1 saturated heterocycles. The van der Waals surface area contributed by atoms with E-state index in [1.807, 2.05) is 0 Å². The van der Waals surface area contributed by atoms with Crippen molar-refractivity contribution in [3.63, 3.8) is 0 Å². The average molecular weight is 295 g/mol. The van der Waals surface area contributed by atoms with Gasteiger partial charge in [-0.2, -0.15) is 0 Å². The number of ether oxygens (including phenoxy) is 1. The van der Waals surface area contributed by atoms with Crippen LogP contribution in [0.2, 0.25) is 0 Å². The normalized spacial score (nSPS) is 20.6. The fourth-order valence-corrected chi connectivity index (χ4v) is 0.687. The molecule has 2 heteroatoms. The molecule has 0 unspecified atom stereocenters. The Morgan fingerprint density at radius 1 is 0.857 bits per heavy atom. The van der Waals surface area contributed by atoms with Crippen LogP contribution in [-0.2, 0) is 4.74 Å². The maximum atomic E-state index is 5.07. The van der Waals surface area contributed by atoms with E-state index in [0.717, 1.165) is 13.2 Å². The molecule has 0 aromatic carbocycles. The topological polar surface area (TPSA) is 9.23 Å². The second kappa shape index (κ2) is 4.99. The van der Waals surface area contributed by atoms with Gasteiger partial charge in [0.2, 0.25) is 0 Å². The Hall–Kier alpha value is 0.843. The van der Waals surface area contributed by atoms with Gasteiger partial charge in [-0.15, -0.1) is 0 Å². The van der Waals surface area contributed by atoms with Crippen molar-refractivity contribution < 1.29 is 4.74 Å². The number of hydrogen-bond acceptors (Lipinski definition) is 1. The molecule has 0 saturated carbocycles. The molecule has 41 valence electrons. The molecule has 0 N–H and O–H groups in total. The summed E-state index contributed by atoms with van der Waals surface area (Å²) in [5.74, 6) is 0. The van der Waals surface area contributed by atoms with E-state index in [9.17, 15) is 0 Å². The molecule has 1 aliphatic heterocycles. The molecule has 0 spiro atoms. The minimum atomic E-state index is 0. The van der Waals surface area contributed by atoms with Crippen molar-refractivity contribution in [2.45, 2.75) is 19.3 Å². The first-order chi connectivity index (χ1) is 3.00. The SMILES string of the molecule is C1CCOCC1.[Bi]. The van der Waals surface area contributed by atoms with Crippen LogP contribution in [-0.4, -0.2) is 39.4 Å². The van der Waals surface area contributed by atoms with Crippen molar-refractivity contribution in [1.82, 2.24) is 0 Å². The maximum Gasteiger partial charge on any atom is 0.0466 e. The van der Waals surface area contributed by atoms with Gasteiger partial charge in [0, 0.05) is 39.4 Å². The van der Waals surface area contributed by atoms with E-state index in [4.69, 9.17) is 4.74 Å². The average Bonchev–Trinajstić information content (AvgIpc) is 1.72. The minimum Gasteiger partial charge on any atom is -0.381 e. The third-order valence-corrected chi connectivity index (χ3v) is 1.08. The van der Waals surface area contributed by atoms with Crippen LogP contribution in [0.25, 0.3) is 0 Å². The zero-order valence-electron chi connectivity index (χ0n) is 4.39. The molecule has 0 bridgehead atoms. The van der Waals surface area contributed by atoms with E-state index < -0.39 is 0 Å². The Kier molecular flexibility index (Phi) is 5.59. The largest absolute Gasteiger partial charge is 0.381 e. The summed E-state index contributed by atoms with van der Waals surface area (Å²) in [7, 11) is 0. The van der Waals surface area contributed by atoms with Gasteiger partial charge in [0.1, 0.15) is 0 Å². The van der Waals surface area contributed by atoms with Crippen molar-refractivity contribution >= 4 is 26.2 Å². The third-order valence-electron chi connectivity index (χ3n) is 1.08. The first-order valence-corrected chi connectivity index (χ1v) is 2.58. The van der Waals surface area contributed by atoms with Crippen LogP contribution in [0.1, 0.15) is 19.3 Å². The molecule has 1 rings (SSSR count). The molecule has 0 aromatic rings. The molecule has 1 aliphatic rings. The van der Waals surface area contributed by atoms with Crippen LogP contribution in [0.5, 0.6) is 0 Å². The summed E-state index contributed by atoms with van der Waals surface area (Å²) in [4.78, 5) is 0. The summed E-state index contributed by atoms with van der Waals surface area (Å²) in [6, 6.07) is 0. The van der Waals surface area contributed by atoms with Crippen molar-refractivity contribution in [1.29, 1.82) is 0 Å². The van der Waals surface area contributed by atoms with Gasteiger partial charge in [0.05, 0.1) is 0 Å². The molecule has 1 nitrogen and oxygen atoms in total. The maximum absolute atomic E-state index is 5.07. The third kappa shape index (κ3) is 3.43. The quantitative estimate of drug-likeness (QED) is 0.601. The summed E-state index contributed by atoms with van der Waals surface area (Å²) in [6.45, 7) is 2.00. The summed E-state index contributed by atoms with van der Waals surface area (Å²) in [6.07, 6.45) is 3.93. The van der Waals surface area contributed by atoms with Crippen molar-refractivity contribution in [3.8, 4) is 0 Å². The van der Waals surface area contributed by atoms with Gasteiger partial charge in [-0.05, 0) is 19.3 Å². The molecule has 0 atom stereocenters. The van der Waals surface area contributed by atoms with E-state index in [-0.39, 0.29) is 26.2 Å². The first kappa shape index (κ1) is 7.84. The number of hydrogen-bond donors (Lipinski definition) is 0. The van der Waals surface area contributed by atoms with Crippen LogP contribution >= 0.6 is 0 Å². The molecular formula is C5H10BiO. The predicted octanol–water partition coefficient (Wildman–Crippen LogP) is 0.806. The second-order valence-electron chi connectivity index (χ2n) is 1.67. The van der Waals surface area contributed by atoms with Crippen molar-refractivity contribution in [2.75, 3.05) is 13.2 Å².